The average molecular weight is 348 g/mol. The molecular weight excluding hydrogens is 332 g/mol. The molecule has 0 fully saturated rings. The zero-order valence-corrected chi connectivity index (χ0v) is 14.2. The van der Waals surface area contributed by atoms with Gasteiger partial charge in [-0.2, -0.15) is 4.98 Å². The molecule has 0 aliphatic carbocycles. The quantitative estimate of drug-likeness (QED) is 0.577. The third-order valence-electron chi connectivity index (χ3n) is 3.94. The molecule has 25 heavy (non-hydrogen) atoms. The molecule has 0 unspecified atom stereocenters. The molecule has 0 bridgehead atoms. The molecule has 3 heterocycles. The molecular formula is C19H16N4OS. The van der Waals surface area contributed by atoms with Gasteiger partial charge in [-0.3, -0.25) is 9.78 Å². The van der Waals surface area contributed by atoms with Gasteiger partial charge in [0.2, 0.25) is 5.95 Å². The van der Waals surface area contributed by atoms with Gasteiger partial charge in [-0.25, -0.2) is 4.98 Å². The largest absolute Gasteiger partial charge is 0.355 e. The summed E-state index contributed by atoms with van der Waals surface area (Å²) >= 11 is 1.59. The lowest BCUT2D eigenvalue weighted by molar-refractivity contribution is 0.982. The summed E-state index contributed by atoms with van der Waals surface area (Å²) < 4.78 is 0. The summed E-state index contributed by atoms with van der Waals surface area (Å²) in [7, 11) is 0. The lowest BCUT2D eigenvalue weighted by Crippen LogP contribution is -2.16. The van der Waals surface area contributed by atoms with Crippen molar-refractivity contribution < 1.29 is 0 Å². The second-order valence-corrected chi connectivity index (χ2v) is 6.56. The van der Waals surface area contributed by atoms with E-state index in [-0.39, 0.29) is 5.56 Å². The smallest absolute Gasteiger partial charge is 0.262 e. The monoisotopic (exact) mass is 348 g/mol. The highest BCUT2D eigenvalue weighted by molar-refractivity contribution is 7.13. The molecule has 2 N–H and O–H groups in total. The van der Waals surface area contributed by atoms with Crippen LogP contribution in [0.1, 0.15) is 5.56 Å². The summed E-state index contributed by atoms with van der Waals surface area (Å²) in [5, 5.41) is 5.69. The number of thiophene rings is 1. The first-order valence-electron chi connectivity index (χ1n) is 8.02. The molecule has 0 spiro atoms. The second-order valence-electron chi connectivity index (χ2n) is 5.61. The average Bonchev–Trinajstić information content (AvgIpc) is 3.17. The minimum absolute atomic E-state index is 0.177. The fourth-order valence-electron chi connectivity index (χ4n) is 2.75. The van der Waals surface area contributed by atoms with E-state index >= 15 is 0 Å². The van der Waals surface area contributed by atoms with Gasteiger partial charge in [0, 0.05) is 23.2 Å². The maximum absolute atomic E-state index is 12.6. The first-order chi connectivity index (χ1) is 12.3. The summed E-state index contributed by atoms with van der Waals surface area (Å²) in [6.07, 6.45) is 2.54. The van der Waals surface area contributed by atoms with Gasteiger partial charge in [0.15, 0.2) is 5.65 Å². The van der Waals surface area contributed by atoms with Gasteiger partial charge >= 0.3 is 0 Å². The number of rotatable bonds is 5. The van der Waals surface area contributed by atoms with Crippen LogP contribution in [0.5, 0.6) is 0 Å². The summed E-state index contributed by atoms with van der Waals surface area (Å²) in [6.45, 7) is 0.684. The molecule has 0 atom stereocenters. The number of aromatic nitrogens is 3. The highest BCUT2D eigenvalue weighted by atomic mass is 32.1. The SMILES string of the molecule is O=c1[nH]c(NCCc2ccccc2)nc2nccc(-c3cccs3)c12. The molecule has 0 amide bonds. The van der Waals surface area contributed by atoms with Crippen LogP contribution in [0.3, 0.4) is 0 Å². The van der Waals surface area contributed by atoms with Crippen LogP contribution in [0, 0.1) is 0 Å². The van der Waals surface area contributed by atoms with Crippen LogP contribution < -0.4 is 10.9 Å². The van der Waals surface area contributed by atoms with Crippen molar-refractivity contribution in [3.63, 3.8) is 0 Å². The fourth-order valence-corrected chi connectivity index (χ4v) is 3.51. The number of hydrogen-bond acceptors (Lipinski definition) is 5. The van der Waals surface area contributed by atoms with Gasteiger partial charge in [0.1, 0.15) is 0 Å². The standard InChI is InChI=1S/C19H16N4OS/c24-18-16-14(15-7-4-12-25-15)9-11-20-17(16)22-19(23-18)21-10-8-13-5-2-1-3-6-13/h1-7,9,11-12H,8,10H2,(H2,20,21,22,23,24). The van der Waals surface area contributed by atoms with E-state index in [4.69, 9.17) is 0 Å². The predicted octanol–water partition coefficient (Wildman–Crippen LogP) is 3.70. The number of fused-ring (bicyclic) bond motifs is 1. The Labute approximate surface area is 148 Å². The van der Waals surface area contributed by atoms with Crippen LogP contribution in [0.2, 0.25) is 0 Å². The lowest BCUT2D eigenvalue weighted by Gasteiger charge is -2.08. The van der Waals surface area contributed by atoms with Crippen molar-refractivity contribution in [2.45, 2.75) is 6.42 Å². The number of pyridine rings is 1. The van der Waals surface area contributed by atoms with Crippen molar-refractivity contribution in [3.05, 3.63) is 76.0 Å². The van der Waals surface area contributed by atoms with Crippen LogP contribution in [-0.4, -0.2) is 21.5 Å². The van der Waals surface area contributed by atoms with E-state index < -0.39 is 0 Å². The molecule has 3 aromatic heterocycles. The topological polar surface area (TPSA) is 70.7 Å². The number of benzene rings is 1. The molecule has 0 aliphatic heterocycles. The van der Waals surface area contributed by atoms with Gasteiger partial charge in [0.25, 0.3) is 5.56 Å². The van der Waals surface area contributed by atoms with Gasteiger partial charge < -0.3 is 5.32 Å². The van der Waals surface area contributed by atoms with E-state index in [1.807, 2.05) is 41.8 Å². The summed E-state index contributed by atoms with van der Waals surface area (Å²) in [4.78, 5) is 25.2. The number of nitrogens with one attached hydrogen (secondary N) is 2. The Kier molecular flexibility index (Phi) is 4.26. The highest BCUT2D eigenvalue weighted by Crippen LogP contribution is 2.28. The Morgan fingerprint density at radius 3 is 2.76 bits per heavy atom. The lowest BCUT2D eigenvalue weighted by atomic mass is 10.1. The van der Waals surface area contributed by atoms with E-state index in [2.05, 4.69) is 32.4 Å². The van der Waals surface area contributed by atoms with Crippen molar-refractivity contribution in [1.29, 1.82) is 0 Å². The van der Waals surface area contributed by atoms with E-state index in [1.54, 1.807) is 17.5 Å². The summed E-state index contributed by atoms with van der Waals surface area (Å²) in [6, 6.07) is 16.0. The van der Waals surface area contributed by atoms with Crippen LogP contribution in [0.15, 0.2) is 64.9 Å². The fraction of sp³-hybridized carbons (Fsp3) is 0.105. The Balaban J connectivity index is 1.61. The maximum atomic E-state index is 12.6. The van der Waals surface area contributed by atoms with Crippen LogP contribution in [0.4, 0.5) is 5.95 Å². The third kappa shape index (κ3) is 3.29. The number of nitrogens with zero attached hydrogens (tertiary/aromatic N) is 2. The van der Waals surface area contributed by atoms with E-state index in [1.165, 1.54) is 5.56 Å². The van der Waals surface area contributed by atoms with Crippen LogP contribution >= 0.6 is 11.3 Å². The van der Waals surface area contributed by atoms with Crippen molar-refractivity contribution in [2.24, 2.45) is 0 Å². The number of aromatic amines is 1. The van der Waals surface area contributed by atoms with E-state index in [0.29, 0.717) is 23.5 Å². The number of H-pyrrole nitrogens is 1. The predicted molar refractivity (Wildman–Crippen MR) is 102 cm³/mol. The minimum Gasteiger partial charge on any atom is -0.355 e. The number of hydrogen-bond donors (Lipinski definition) is 2. The van der Waals surface area contributed by atoms with Gasteiger partial charge in [-0.05, 0) is 29.5 Å². The van der Waals surface area contributed by atoms with Gasteiger partial charge in [-0.1, -0.05) is 36.4 Å². The Bertz CT molecular complexity index is 1040. The molecule has 6 heteroatoms. The molecule has 4 rings (SSSR count). The normalized spacial score (nSPS) is 10.9. The Morgan fingerprint density at radius 1 is 1.08 bits per heavy atom. The molecule has 124 valence electrons. The highest BCUT2D eigenvalue weighted by Gasteiger charge is 2.11. The Morgan fingerprint density at radius 2 is 1.96 bits per heavy atom. The molecule has 4 aromatic rings. The zero-order chi connectivity index (χ0) is 17.1. The van der Waals surface area contributed by atoms with Crippen molar-refractivity contribution in [1.82, 2.24) is 15.0 Å². The van der Waals surface area contributed by atoms with Gasteiger partial charge in [-0.15, -0.1) is 11.3 Å². The second kappa shape index (κ2) is 6.86. The van der Waals surface area contributed by atoms with Crippen molar-refractivity contribution >= 4 is 28.3 Å². The molecule has 0 aliphatic rings. The maximum Gasteiger partial charge on any atom is 0.262 e. The summed E-state index contributed by atoms with van der Waals surface area (Å²) in [5.74, 6) is 0.448. The molecule has 0 saturated carbocycles. The minimum atomic E-state index is -0.177. The van der Waals surface area contributed by atoms with Crippen molar-refractivity contribution in [2.75, 3.05) is 11.9 Å². The van der Waals surface area contributed by atoms with Crippen LogP contribution in [-0.2, 0) is 6.42 Å². The Hall–Kier alpha value is -2.99. The van der Waals surface area contributed by atoms with Crippen LogP contribution in [0.25, 0.3) is 21.5 Å². The molecule has 0 radical (unpaired) electrons. The first-order valence-corrected chi connectivity index (χ1v) is 8.90. The van der Waals surface area contributed by atoms with Crippen molar-refractivity contribution in [3.8, 4) is 10.4 Å². The molecule has 0 saturated heterocycles. The third-order valence-corrected chi connectivity index (χ3v) is 4.85. The number of anilines is 1. The zero-order valence-electron chi connectivity index (χ0n) is 13.4. The first kappa shape index (κ1) is 15.5. The van der Waals surface area contributed by atoms with Gasteiger partial charge in [0.05, 0.1) is 5.39 Å². The molecule has 5 nitrogen and oxygen atoms in total. The van der Waals surface area contributed by atoms with E-state index in [9.17, 15) is 4.79 Å². The summed E-state index contributed by atoms with van der Waals surface area (Å²) in [5.41, 5.74) is 2.38. The van der Waals surface area contributed by atoms with E-state index in [0.717, 1.165) is 16.9 Å². The molecule has 1 aromatic carbocycles.